The van der Waals surface area contributed by atoms with Gasteiger partial charge in [-0.05, 0) is 31.4 Å². The summed E-state index contributed by atoms with van der Waals surface area (Å²) in [6.45, 7) is 4.45. The van der Waals surface area contributed by atoms with Gasteiger partial charge < -0.3 is 10.2 Å². The fourth-order valence-corrected chi connectivity index (χ4v) is 4.38. The van der Waals surface area contributed by atoms with Gasteiger partial charge in [-0.25, -0.2) is 4.98 Å². The summed E-state index contributed by atoms with van der Waals surface area (Å²) < 4.78 is 0. The summed E-state index contributed by atoms with van der Waals surface area (Å²) in [4.78, 5) is 19.4. The SMILES string of the molecule is CCCCCCCCC(=O)Nc1cccc(-c2csc(N3CCCC3)n2)c1. The van der Waals surface area contributed by atoms with Crippen LogP contribution in [0.1, 0.15) is 64.7 Å². The van der Waals surface area contributed by atoms with Crippen molar-refractivity contribution in [2.24, 2.45) is 0 Å². The van der Waals surface area contributed by atoms with E-state index >= 15 is 0 Å². The lowest BCUT2D eigenvalue weighted by molar-refractivity contribution is -0.116. The van der Waals surface area contributed by atoms with Gasteiger partial charge in [0.15, 0.2) is 5.13 Å². The van der Waals surface area contributed by atoms with E-state index in [2.05, 4.69) is 28.6 Å². The van der Waals surface area contributed by atoms with Crippen molar-refractivity contribution in [3.63, 3.8) is 0 Å². The maximum atomic E-state index is 12.2. The number of aromatic nitrogens is 1. The molecule has 0 spiro atoms. The molecule has 0 saturated carbocycles. The van der Waals surface area contributed by atoms with Crippen LogP contribution >= 0.6 is 11.3 Å². The molecule has 1 aromatic heterocycles. The summed E-state index contributed by atoms with van der Waals surface area (Å²) in [5.74, 6) is 0.110. The average molecular weight is 386 g/mol. The molecule has 1 amide bonds. The standard InChI is InChI=1S/C22H31N3OS/c1-2-3-4-5-6-7-13-21(26)23-19-12-10-11-18(16-19)20-17-27-22(24-20)25-14-8-9-15-25/h10-12,16-17H,2-9,13-15H2,1H3,(H,23,26). The Hall–Kier alpha value is -1.88. The third kappa shape index (κ3) is 6.06. The normalized spacial score (nSPS) is 13.9. The maximum absolute atomic E-state index is 12.2. The summed E-state index contributed by atoms with van der Waals surface area (Å²) in [7, 11) is 0. The van der Waals surface area contributed by atoms with Gasteiger partial charge in [0.05, 0.1) is 5.69 Å². The zero-order valence-electron chi connectivity index (χ0n) is 16.4. The van der Waals surface area contributed by atoms with Crippen molar-refractivity contribution < 1.29 is 4.79 Å². The smallest absolute Gasteiger partial charge is 0.224 e. The molecule has 1 aliphatic rings. The van der Waals surface area contributed by atoms with E-state index in [-0.39, 0.29) is 5.91 Å². The average Bonchev–Trinajstić information content (AvgIpc) is 3.36. The molecule has 3 rings (SSSR count). The van der Waals surface area contributed by atoms with Crippen molar-refractivity contribution in [3.8, 4) is 11.3 Å². The Morgan fingerprint density at radius 2 is 1.93 bits per heavy atom. The zero-order valence-corrected chi connectivity index (χ0v) is 17.2. The predicted octanol–water partition coefficient (Wildman–Crippen LogP) is 6.10. The second kappa shape index (κ2) is 10.5. The second-order valence-corrected chi connectivity index (χ2v) is 8.19. The number of unbranched alkanes of at least 4 members (excludes halogenated alkanes) is 5. The fraction of sp³-hybridized carbons (Fsp3) is 0.545. The lowest BCUT2D eigenvalue weighted by Crippen LogP contribution is -2.17. The fourth-order valence-electron chi connectivity index (χ4n) is 3.50. The Bertz CT molecular complexity index is 722. The third-order valence-electron chi connectivity index (χ3n) is 5.07. The van der Waals surface area contributed by atoms with E-state index in [0.29, 0.717) is 6.42 Å². The van der Waals surface area contributed by atoms with Crippen LogP contribution in [0, 0.1) is 0 Å². The monoisotopic (exact) mass is 385 g/mol. The van der Waals surface area contributed by atoms with Gasteiger partial charge in [0.25, 0.3) is 0 Å². The van der Waals surface area contributed by atoms with Crippen LogP contribution in [-0.2, 0) is 4.79 Å². The van der Waals surface area contributed by atoms with Crippen molar-refractivity contribution in [1.29, 1.82) is 0 Å². The molecule has 146 valence electrons. The molecule has 5 heteroatoms. The molecule has 2 heterocycles. The molecular weight excluding hydrogens is 354 g/mol. The van der Waals surface area contributed by atoms with E-state index in [0.717, 1.165) is 48.0 Å². The number of amides is 1. The first kappa shape index (κ1) is 19.9. The van der Waals surface area contributed by atoms with Gasteiger partial charge >= 0.3 is 0 Å². The van der Waals surface area contributed by atoms with Crippen molar-refractivity contribution >= 4 is 28.1 Å². The minimum absolute atomic E-state index is 0.110. The number of rotatable bonds is 10. The van der Waals surface area contributed by atoms with Gasteiger partial charge in [-0.1, -0.05) is 51.2 Å². The summed E-state index contributed by atoms with van der Waals surface area (Å²) in [5.41, 5.74) is 2.92. The topological polar surface area (TPSA) is 45.2 Å². The van der Waals surface area contributed by atoms with E-state index in [4.69, 9.17) is 4.98 Å². The van der Waals surface area contributed by atoms with Crippen LogP contribution < -0.4 is 10.2 Å². The highest BCUT2D eigenvalue weighted by molar-refractivity contribution is 7.14. The van der Waals surface area contributed by atoms with E-state index in [1.165, 1.54) is 38.5 Å². The maximum Gasteiger partial charge on any atom is 0.224 e. The van der Waals surface area contributed by atoms with E-state index in [1.54, 1.807) is 11.3 Å². The Kier molecular flexibility index (Phi) is 7.69. The number of hydrogen-bond donors (Lipinski definition) is 1. The Balaban J connectivity index is 1.50. The first-order chi connectivity index (χ1) is 13.3. The number of anilines is 2. The highest BCUT2D eigenvalue weighted by Crippen LogP contribution is 2.30. The molecule has 0 bridgehead atoms. The van der Waals surface area contributed by atoms with Crippen LogP contribution in [0.3, 0.4) is 0 Å². The molecule has 0 radical (unpaired) electrons. The highest BCUT2D eigenvalue weighted by atomic mass is 32.1. The summed E-state index contributed by atoms with van der Waals surface area (Å²) in [6.07, 6.45) is 10.3. The van der Waals surface area contributed by atoms with Crippen molar-refractivity contribution in [3.05, 3.63) is 29.6 Å². The number of nitrogens with zero attached hydrogens (tertiary/aromatic N) is 2. The quantitative estimate of drug-likeness (QED) is 0.503. The number of hydrogen-bond acceptors (Lipinski definition) is 4. The Morgan fingerprint density at radius 3 is 2.74 bits per heavy atom. The minimum Gasteiger partial charge on any atom is -0.348 e. The van der Waals surface area contributed by atoms with E-state index in [1.807, 2.05) is 18.2 Å². The minimum atomic E-state index is 0.110. The van der Waals surface area contributed by atoms with Crippen molar-refractivity contribution in [1.82, 2.24) is 4.98 Å². The zero-order chi connectivity index (χ0) is 18.9. The van der Waals surface area contributed by atoms with Crippen molar-refractivity contribution in [2.45, 2.75) is 64.7 Å². The van der Waals surface area contributed by atoms with Gasteiger partial charge in [0.2, 0.25) is 5.91 Å². The van der Waals surface area contributed by atoms with Gasteiger partial charge in [-0.15, -0.1) is 11.3 Å². The number of carbonyl (C=O) groups excluding carboxylic acids is 1. The lowest BCUT2D eigenvalue weighted by Gasteiger charge is -2.12. The number of carbonyl (C=O) groups is 1. The van der Waals surface area contributed by atoms with Crippen molar-refractivity contribution in [2.75, 3.05) is 23.3 Å². The van der Waals surface area contributed by atoms with E-state index < -0.39 is 0 Å². The number of thiazole rings is 1. The molecule has 27 heavy (non-hydrogen) atoms. The summed E-state index contributed by atoms with van der Waals surface area (Å²) in [6, 6.07) is 8.04. The molecule has 0 unspecified atom stereocenters. The molecular formula is C22H31N3OS. The molecule has 1 aromatic carbocycles. The molecule has 0 atom stereocenters. The number of nitrogens with one attached hydrogen (secondary N) is 1. The van der Waals surface area contributed by atoms with Gasteiger partial charge in [-0.2, -0.15) is 0 Å². The highest BCUT2D eigenvalue weighted by Gasteiger charge is 2.16. The molecule has 2 aromatic rings. The van der Waals surface area contributed by atoms with E-state index in [9.17, 15) is 4.79 Å². The second-order valence-electron chi connectivity index (χ2n) is 7.36. The van der Waals surface area contributed by atoms with Gasteiger partial charge in [0.1, 0.15) is 0 Å². The molecule has 0 aliphatic carbocycles. The molecule has 1 aliphatic heterocycles. The molecule has 1 saturated heterocycles. The van der Waals surface area contributed by atoms with Crippen LogP contribution in [-0.4, -0.2) is 24.0 Å². The largest absolute Gasteiger partial charge is 0.348 e. The van der Waals surface area contributed by atoms with Crippen LogP contribution in [0.2, 0.25) is 0 Å². The molecule has 4 nitrogen and oxygen atoms in total. The Labute approximate surface area is 167 Å². The molecule has 1 N–H and O–H groups in total. The number of benzene rings is 1. The summed E-state index contributed by atoms with van der Waals surface area (Å²) in [5, 5.41) is 6.27. The first-order valence-electron chi connectivity index (χ1n) is 10.4. The predicted molar refractivity (Wildman–Crippen MR) is 116 cm³/mol. The Morgan fingerprint density at radius 1 is 1.15 bits per heavy atom. The lowest BCUT2D eigenvalue weighted by atomic mass is 10.1. The van der Waals surface area contributed by atoms with Crippen LogP contribution in [0.4, 0.5) is 10.8 Å². The first-order valence-corrected chi connectivity index (χ1v) is 11.2. The molecule has 1 fully saturated rings. The van der Waals surface area contributed by atoms with Crippen LogP contribution in [0.15, 0.2) is 29.6 Å². The van der Waals surface area contributed by atoms with Gasteiger partial charge in [0, 0.05) is 36.1 Å². The van der Waals surface area contributed by atoms with Crippen LogP contribution in [0.25, 0.3) is 11.3 Å². The van der Waals surface area contributed by atoms with Gasteiger partial charge in [-0.3, -0.25) is 4.79 Å². The third-order valence-corrected chi connectivity index (χ3v) is 5.97. The summed E-state index contributed by atoms with van der Waals surface area (Å²) >= 11 is 1.71. The van der Waals surface area contributed by atoms with Crippen LogP contribution in [0.5, 0.6) is 0 Å².